The quantitative estimate of drug-likeness (QED) is 0.558. The molecular formula is C12H13N3O. The molecule has 0 unspecified atom stereocenters. The Bertz CT molecular complexity index is 463. The maximum atomic E-state index is 10.6. The first-order chi connectivity index (χ1) is 7.75. The zero-order valence-corrected chi connectivity index (χ0v) is 9.16. The standard InChI is InChI=1S/C12H13N3O/c1-9(16)13-8-4-7-12-14-10-5-2-3-6-11(10)15-12/h2-3,5H,4,7-8H2,1H3,(H,13,16). The summed E-state index contributed by atoms with van der Waals surface area (Å²) in [5.41, 5.74) is 4.74. The summed E-state index contributed by atoms with van der Waals surface area (Å²) in [5.74, 6) is 0.824. The normalized spacial score (nSPS) is 16.4. The fourth-order valence-electron chi connectivity index (χ4n) is 1.51. The van der Waals surface area contributed by atoms with Crippen molar-refractivity contribution >= 4 is 17.5 Å². The number of allylic oxidation sites excluding steroid dienone is 2. The second-order valence-electron chi connectivity index (χ2n) is 3.63. The minimum Gasteiger partial charge on any atom is -0.356 e. The van der Waals surface area contributed by atoms with Crippen LogP contribution in [0.1, 0.15) is 19.8 Å². The molecule has 1 N–H and O–H groups in total. The van der Waals surface area contributed by atoms with E-state index in [0.717, 1.165) is 30.1 Å². The summed E-state index contributed by atoms with van der Waals surface area (Å²) < 4.78 is 0. The van der Waals surface area contributed by atoms with Crippen molar-refractivity contribution < 1.29 is 4.79 Å². The van der Waals surface area contributed by atoms with Gasteiger partial charge in [0.25, 0.3) is 0 Å². The lowest BCUT2D eigenvalue weighted by Crippen LogP contribution is -2.21. The SMILES string of the molecule is CC(=O)NCCCC1=NC2=C=CC=CC2=N1. The molecule has 2 rings (SSSR count). The molecule has 2 aliphatic rings. The molecule has 82 valence electrons. The summed E-state index contributed by atoms with van der Waals surface area (Å²) in [5, 5.41) is 2.75. The highest BCUT2D eigenvalue weighted by molar-refractivity contribution is 6.18. The van der Waals surface area contributed by atoms with Crippen LogP contribution in [0.5, 0.6) is 0 Å². The summed E-state index contributed by atoms with van der Waals surface area (Å²) in [6.07, 6.45) is 7.30. The number of rotatable bonds is 4. The Morgan fingerprint density at radius 2 is 2.38 bits per heavy atom. The predicted octanol–water partition coefficient (Wildman–Crippen LogP) is 1.36. The minimum absolute atomic E-state index is 0.00178. The zero-order chi connectivity index (χ0) is 11.4. The lowest BCUT2D eigenvalue weighted by atomic mass is 10.2. The van der Waals surface area contributed by atoms with Gasteiger partial charge in [-0.25, -0.2) is 9.98 Å². The van der Waals surface area contributed by atoms with Crippen LogP contribution in [-0.4, -0.2) is 24.0 Å². The third-order valence-electron chi connectivity index (χ3n) is 2.25. The maximum absolute atomic E-state index is 10.6. The van der Waals surface area contributed by atoms with Gasteiger partial charge in [0.2, 0.25) is 5.91 Å². The summed E-state index contributed by atoms with van der Waals surface area (Å²) in [7, 11) is 0. The highest BCUT2D eigenvalue weighted by atomic mass is 16.1. The van der Waals surface area contributed by atoms with E-state index in [1.165, 1.54) is 6.92 Å². The molecule has 1 aliphatic carbocycles. The highest BCUT2D eigenvalue weighted by Crippen LogP contribution is 2.15. The third kappa shape index (κ3) is 2.55. The number of nitrogens with one attached hydrogen (secondary N) is 1. The molecule has 0 bridgehead atoms. The van der Waals surface area contributed by atoms with Gasteiger partial charge in [-0.05, 0) is 18.6 Å². The average molecular weight is 215 g/mol. The number of nitrogens with zero attached hydrogens (tertiary/aromatic N) is 2. The molecule has 0 radical (unpaired) electrons. The Labute approximate surface area is 94.2 Å². The lowest BCUT2D eigenvalue weighted by Gasteiger charge is -1.99. The van der Waals surface area contributed by atoms with Crippen molar-refractivity contribution in [2.45, 2.75) is 19.8 Å². The van der Waals surface area contributed by atoms with Gasteiger partial charge in [0.15, 0.2) is 0 Å². The number of aliphatic imine (C=N–C) groups is 2. The van der Waals surface area contributed by atoms with Crippen molar-refractivity contribution in [1.82, 2.24) is 5.32 Å². The largest absolute Gasteiger partial charge is 0.356 e. The van der Waals surface area contributed by atoms with Crippen LogP contribution in [0.15, 0.2) is 39.6 Å². The van der Waals surface area contributed by atoms with Crippen molar-refractivity contribution in [3.05, 3.63) is 29.7 Å². The van der Waals surface area contributed by atoms with E-state index in [2.05, 4.69) is 21.0 Å². The van der Waals surface area contributed by atoms with Crippen molar-refractivity contribution in [2.75, 3.05) is 6.54 Å². The van der Waals surface area contributed by atoms with Gasteiger partial charge >= 0.3 is 0 Å². The van der Waals surface area contributed by atoms with Crippen molar-refractivity contribution in [2.24, 2.45) is 9.98 Å². The van der Waals surface area contributed by atoms with Gasteiger partial charge in [0, 0.05) is 19.9 Å². The molecule has 0 aromatic heterocycles. The molecule has 0 fully saturated rings. The number of hydrogen-bond acceptors (Lipinski definition) is 3. The second-order valence-corrected chi connectivity index (χ2v) is 3.63. The molecule has 1 amide bonds. The Kier molecular flexibility index (Phi) is 3.13. The Morgan fingerprint density at radius 1 is 1.50 bits per heavy atom. The number of hydrogen-bond donors (Lipinski definition) is 1. The molecule has 0 saturated heterocycles. The molecule has 0 aromatic carbocycles. The van der Waals surface area contributed by atoms with Gasteiger partial charge in [-0.15, -0.1) is 0 Å². The first-order valence-electron chi connectivity index (χ1n) is 5.30. The van der Waals surface area contributed by atoms with Gasteiger partial charge in [0.05, 0.1) is 5.71 Å². The Hall–Kier alpha value is -1.93. The van der Waals surface area contributed by atoms with Crippen LogP contribution in [0.2, 0.25) is 0 Å². The first-order valence-corrected chi connectivity index (χ1v) is 5.30. The summed E-state index contributed by atoms with van der Waals surface area (Å²) >= 11 is 0. The van der Waals surface area contributed by atoms with Crippen LogP contribution in [0.25, 0.3) is 0 Å². The van der Waals surface area contributed by atoms with Gasteiger partial charge in [-0.1, -0.05) is 11.8 Å². The van der Waals surface area contributed by atoms with Gasteiger partial charge in [0.1, 0.15) is 11.5 Å². The van der Waals surface area contributed by atoms with E-state index in [1.807, 2.05) is 18.2 Å². The molecule has 4 heteroatoms. The molecule has 16 heavy (non-hydrogen) atoms. The van der Waals surface area contributed by atoms with Gasteiger partial charge < -0.3 is 5.32 Å². The first kappa shape index (κ1) is 10.6. The fraction of sp³-hybridized carbons (Fsp3) is 0.333. The molecule has 0 saturated carbocycles. The Morgan fingerprint density at radius 3 is 3.12 bits per heavy atom. The number of amides is 1. The molecule has 1 heterocycles. The highest BCUT2D eigenvalue weighted by Gasteiger charge is 2.14. The topological polar surface area (TPSA) is 53.8 Å². The van der Waals surface area contributed by atoms with E-state index in [4.69, 9.17) is 0 Å². The molecule has 0 aromatic rings. The van der Waals surface area contributed by atoms with Crippen LogP contribution < -0.4 is 5.32 Å². The van der Waals surface area contributed by atoms with Crippen molar-refractivity contribution in [1.29, 1.82) is 0 Å². The van der Waals surface area contributed by atoms with Crippen LogP contribution in [0.3, 0.4) is 0 Å². The van der Waals surface area contributed by atoms with E-state index in [0.29, 0.717) is 6.54 Å². The van der Waals surface area contributed by atoms with E-state index in [1.54, 1.807) is 0 Å². The average Bonchev–Trinajstić information content (AvgIpc) is 2.66. The summed E-state index contributed by atoms with van der Waals surface area (Å²) in [6.45, 7) is 2.19. The van der Waals surface area contributed by atoms with Crippen LogP contribution in [0, 0.1) is 0 Å². The van der Waals surface area contributed by atoms with Crippen molar-refractivity contribution in [3.63, 3.8) is 0 Å². The third-order valence-corrected chi connectivity index (χ3v) is 2.25. The molecule has 1 aliphatic heterocycles. The smallest absolute Gasteiger partial charge is 0.216 e. The van der Waals surface area contributed by atoms with Gasteiger partial charge in [-0.2, -0.15) is 0 Å². The monoisotopic (exact) mass is 215 g/mol. The number of fused-ring (bicyclic) bond motifs is 1. The number of carbonyl (C=O) groups is 1. The zero-order valence-electron chi connectivity index (χ0n) is 9.16. The molecule has 0 spiro atoms. The predicted molar refractivity (Wildman–Crippen MR) is 63.5 cm³/mol. The van der Waals surface area contributed by atoms with E-state index in [9.17, 15) is 4.79 Å². The lowest BCUT2D eigenvalue weighted by molar-refractivity contribution is -0.118. The number of carbonyl (C=O) groups excluding carboxylic acids is 1. The second kappa shape index (κ2) is 4.73. The Balaban J connectivity index is 1.85. The van der Waals surface area contributed by atoms with Gasteiger partial charge in [-0.3, -0.25) is 4.79 Å². The van der Waals surface area contributed by atoms with E-state index >= 15 is 0 Å². The minimum atomic E-state index is 0.00178. The molecular weight excluding hydrogens is 202 g/mol. The summed E-state index contributed by atoms with van der Waals surface area (Å²) in [4.78, 5) is 19.4. The summed E-state index contributed by atoms with van der Waals surface area (Å²) in [6, 6.07) is 0. The van der Waals surface area contributed by atoms with Crippen LogP contribution in [0.4, 0.5) is 0 Å². The molecule has 4 nitrogen and oxygen atoms in total. The van der Waals surface area contributed by atoms with E-state index in [-0.39, 0.29) is 5.91 Å². The van der Waals surface area contributed by atoms with Crippen molar-refractivity contribution in [3.8, 4) is 0 Å². The fourth-order valence-corrected chi connectivity index (χ4v) is 1.51. The van der Waals surface area contributed by atoms with Crippen LogP contribution >= 0.6 is 0 Å². The number of amidine groups is 1. The molecule has 0 atom stereocenters. The van der Waals surface area contributed by atoms with Crippen LogP contribution in [-0.2, 0) is 4.79 Å². The maximum Gasteiger partial charge on any atom is 0.216 e. The van der Waals surface area contributed by atoms with E-state index < -0.39 is 0 Å².